The summed E-state index contributed by atoms with van der Waals surface area (Å²) in [5.41, 5.74) is 5.63. The molecule has 2 amide bonds. The summed E-state index contributed by atoms with van der Waals surface area (Å²) < 4.78 is 0. The van der Waals surface area contributed by atoms with E-state index in [0.29, 0.717) is 31.7 Å². The molecule has 1 N–H and O–H groups in total. The standard InChI is InChI=1S/C30H36N2O2/c1-22(2)27-17-14-24(15-18-27)16-19-29(33)32(21-26-12-10-23(3)11-13-26)28(30(34)31-4)20-25-8-6-5-7-9-25/h5-15,17-18,22,28H,16,19-21H2,1-4H3,(H,31,34)/t28-/m1/s1. The maximum Gasteiger partial charge on any atom is 0.242 e. The number of hydrogen-bond acceptors (Lipinski definition) is 2. The van der Waals surface area contributed by atoms with E-state index < -0.39 is 6.04 Å². The largest absolute Gasteiger partial charge is 0.357 e. The summed E-state index contributed by atoms with van der Waals surface area (Å²) in [6.07, 6.45) is 1.48. The number of hydrogen-bond donors (Lipinski definition) is 1. The molecule has 0 fully saturated rings. The second kappa shape index (κ2) is 12.2. The van der Waals surface area contributed by atoms with E-state index in [1.54, 1.807) is 11.9 Å². The minimum atomic E-state index is -0.579. The second-order valence-electron chi connectivity index (χ2n) is 9.22. The van der Waals surface area contributed by atoms with Gasteiger partial charge < -0.3 is 10.2 Å². The van der Waals surface area contributed by atoms with Gasteiger partial charge in [0.05, 0.1) is 0 Å². The number of amides is 2. The van der Waals surface area contributed by atoms with Crippen molar-refractivity contribution < 1.29 is 9.59 Å². The predicted molar refractivity (Wildman–Crippen MR) is 139 cm³/mol. The third-order valence-corrected chi connectivity index (χ3v) is 6.26. The van der Waals surface area contributed by atoms with Gasteiger partial charge in [0.2, 0.25) is 11.8 Å². The van der Waals surface area contributed by atoms with Gasteiger partial charge >= 0.3 is 0 Å². The zero-order valence-electron chi connectivity index (χ0n) is 20.8. The fraction of sp³-hybridized carbons (Fsp3) is 0.333. The van der Waals surface area contributed by atoms with Crippen molar-refractivity contribution in [2.24, 2.45) is 0 Å². The van der Waals surface area contributed by atoms with Gasteiger partial charge in [-0.1, -0.05) is 98.3 Å². The summed E-state index contributed by atoms with van der Waals surface area (Å²) in [4.78, 5) is 28.3. The molecule has 4 heteroatoms. The Labute approximate surface area is 204 Å². The monoisotopic (exact) mass is 456 g/mol. The Bertz CT molecular complexity index is 1060. The van der Waals surface area contributed by atoms with Crippen molar-refractivity contribution in [2.45, 2.75) is 58.5 Å². The second-order valence-corrected chi connectivity index (χ2v) is 9.22. The summed E-state index contributed by atoms with van der Waals surface area (Å²) in [5.74, 6) is 0.315. The van der Waals surface area contributed by atoms with Gasteiger partial charge in [0.1, 0.15) is 6.04 Å². The first-order valence-corrected chi connectivity index (χ1v) is 12.1. The van der Waals surface area contributed by atoms with Crippen LogP contribution in [0.5, 0.6) is 0 Å². The van der Waals surface area contributed by atoms with Crippen molar-refractivity contribution in [2.75, 3.05) is 7.05 Å². The van der Waals surface area contributed by atoms with Crippen LogP contribution < -0.4 is 5.32 Å². The lowest BCUT2D eigenvalue weighted by Gasteiger charge is -2.31. The van der Waals surface area contributed by atoms with Crippen molar-refractivity contribution in [3.8, 4) is 0 Å². The van der Waals surface area contributed by atoms with Crippen molar-refractivity contribution in [3.05, 3.63) is 107 Å². The van der Waals surface area contributed by atoms with Gasteiger partial charge in [-0.3, -0.25) is 9.59 Å². The Morgan fingerprint density at radius 1 is 0.824 bits per heavy atom. The van der Waals surface area contributed by atoms with Crippen molar-refractivity contribution >= 4 is 11.8 Å². The molecule has 1 atom stereocenters. The molecule has 3 rings (SSSR count). The van der Waals surface area contributed by atoms with Gasteiger partial charge in [-0.2, -0.15) is 0 Å². The Kier molecular flexibility index (Phi) is 9.03. The quantitative estimate of drug-likeness (QED) is 0.442. The van der Waals surface area contributed by atoms with E-state index in [9.17, 15) is 9.59 Å². The minimum Gasteiger partial charge on any atom is -0.357 e. The minimum absolute atomic E-state index is 0.0157. The Hall–Kier alpha value is -3.40. The number of nitrogens with zero attached hydrogens (tertiary/aromatic N) is 1. The molecule has 0 saturated heterocycles. The first kappa shape index (κ1) is 25.2. The molecule has 0 unspecified atom stereocenters. The van der Waals surface area contributed by atoms with Crippen LogP contribution in [-0.4, -0.2) is 29.8 Å². The van der Waals surface area contributed by atoms with Crippen LogP contribution in [0.1, 0.15) is 54.0 Å². The fourth-order valence-electron chi connectivity index (χ4n) is 4.07. The van der Waals surface area contributed by atoms with Gasteiger partial charge in [0.25, 0.3) is 0 Å². The van der Waals surface area contributed by atoms with Crippen molar-refractivity contribution in [3.63, 3.8) is 0 Å². The molecule has 0 bridgehead atoms. The molecule has 34 heavy (non-hydrogen) atoms. The van der Waals surface area contributed by atoms with E-state index in [1.165, 1.54) is 11.1 Å². The predicted octanol–water partition coefficient (Wildman–Crippen LogP) is 5.44. The Balaban J connectivity index is 1.83. The van der Waals surface area contributed by atoms with Gasteiger partial charge in [0.15, 0.2) is 0 Å². The molecular formula is C30H36N2O2. The molecule has 3 aromatic carbocycles. The van der Waals surface area contributed by atoms with E-state index in [-0.39, 0.29) is 11.8 Å². The molecule has 4 nitrogen and oxygen atoms in total. The molecule has 0 heterocycles. The van der Waals surface area contributed by atoms with Crippen LogP contribution in [0.4, 0.5) is 0 Å². The zero-order valence-corrected chi connectivity index (χ0v) is 20.8. The number of nitrogens with one attached hydrogen (secondary N) is 1. The summed E-state index contributed by atoms with van der Waals surface area (Å²) in [6, 6.07) is 25.9. The number of likely N-dealkylation sites (N-methyl/N-ethyl adjacent to an activating group) is 1. The SMILES string of the molecule is CNC(=O)[C@@H](Cc1ccccc1)N(Cc1ccc(C)cc1)C(=O)CCc1ccc(C(C)C)cc1. The van der Waals surface area contributed by atoms with Crippen LogP contribution in [0.2, 0.25) is 0 Å². The van der Waals surface area contributed by atoms with Crippen molar-refractivity contribution in [1.29, 1.82) is 0 Å². The number of carbonyl (C=O) groups is 2. The molecule has 0 saturated carbocycles. The summed E-state index contributed by atoms with van der Waals surface area (Å²) in [5, 5.41) is 2.77. The van der Waals surface area contributed by atoms with Crippen LogP contribution in [0.3, 0.4) is 0 Å². The van der Waals surface area contributed by atoms with Gasteiger partial charge in [0, 0.05) is 26.4 Å². The van der Waals surface area contributed by atoms with E-state index in [2.05, 4.69) is 43.4 Å². The lowest BCUT2D eigenvalue weighted by molar-refractivity contribution is -0.141. The summed E-state index contributed by atoms with van der Waals surface area (Å²) >= 11 is 0. The van der Waals surface area contributed by atoms with Gasteiger partial charge in [-0.25, -0.2) is 0 Å². The molecule has 0 aliphatic heterocycles. The first-order valence-electron chi connectivity index (χ1n) is 12.1. The number of aryl methyl sites for hydroxylation is 2. The average molecular weight is 457 g/mol. The highest BCUT2D eigenvalue weighted by atomic mass is 16.2. The lowest BCUT2D eigenvalue weighted by atomic mass is 9.99. The van der Waals surface area contributed by atoms with E-state index in [1.807, 2.05) is 61.5 Å². The highest BCUT2D eigenvalue weighted by Gasteiger charge is 2.29. The molecule has 0 radical (unpaired) electrons. The van der Waals surface area contributed by atoms with Gasteiger partial charge in [-0.15, -0.1) is 0 Å². The third kappa shape index (κ3) is 7.05. The molecule has 0 aliphatic rings. The first-order chi connectivity index (χ1) is 16.4. The smallest absolute Gasteiger partial charge is 0.242 e. The van der Waals surface area contributed by atoms with Crippen LogP contribution >= 0.6 is 0 Å². The summed E-state index contributed by atoms with van der Waals surface area (Å²) in [6.45, 7) is 6.79. The average Bonchev–Trinajstić information content (AvgIpc) is 2.86. The maximum absolute atomic E-state index is 13.6. The van der Waals surface area contributed by atoms with Crippen molar-refractivity contribution in [1.82, 2.24) is 10.2 Å². The van der Waals surface area contributed by atoms with Crippen LogP contribution in [0.15, 0.2) is 78.9 Å². The normalized spacial score (nSPS) is 11.8. The molecule has 178 valence electrons. The molecule has 0 aromatic heterocycles. The third-order valence-electron chi connectivity index (χ3n) is 6.26. The van der Waals surface area contributed by atoms with Crippen LogP contribution in [0, 0.1) is 6.92 Å². The zero-order chi connectivity index (χ0) is 24.5. The van der Waals surface area contributed by atoms with Gasteiger partial charge in [-0.05, 0) is 41.5 Å². The molecule has 3 aromatic rings. The highest BCUT2D eigenvalue weighted by Crippen LogP contribution is 2.19. The molecular weight excluding hydrogens is 420 g/mol. The maximum atomic E-state index is 13.6. The lowest BCUT2D eigenvalue weighted by Crippen LogP contribution is -2.49. The Morgan fingerprint density at radius 2 is 1.44 bits per heavy atom. The summed E-state index contributed by atoms with van der Waals surface area (Å²) in [7, 11) is 1.63. The van der Waals surface area contributed by atoms with Crippen LogP contribution in [0.25, 0.3) is 0 Å². The number of benzene rings is 3. The van der Waals surface area contributed by atoms with Crippen LogP contribution in [-0.2, 0) is 29.0 Å². The number of rotatable bonds is 10. The van der Waals surface area contributed by atoms with E-state index in [0.717, 1.165) is 16.7 Å². The van der Waals surface area contributed by atoms with E-state index >= 15 is 0 Å². The fourth-order valence-corrected chi connectivity index (χ4v) is 4.07. The number of carbonyl (C=O) groups excluding carboxylic acids is 2. The highest BCUT2D eigenvalue weighted by molar-refractivity contribution is 5.88. The molecule has 0 aliphatic carbocycles. The van der Waals surface area contributed by atoms with E-state index in [4.69, 9.17) is 0 Å². The topological polar surface area (TPSA) is 49.4 Å². The molecule has 0 spiro atoms. The Morgan fingerprint density at radius 3 is 2.03 bits per heavy atom.